The van der Waals surface area contributed by atoms with Gasteiger partial charge >= 0.3 is 0 Å². The highest BCUT2D eigenvalue weighted by molar-refractivity contribution is 5.96. The summed E-state index contributed by atoms with van der Waals surface area (Å²) in [5.41, 5.74) is 8.95. The number of hydrogen-bond donors (Lipinski definition) is 2. The highest BCUT2D eigenvalue weighted by Gasteiger charge is 2.11. The molecule has 2 rings (SSSR count). The van der Waals surface area contributed by atoms with Crippen LogP contribution in [0.2, 0.25) is 0 Å². The molecule has 0 aliphatic carbocycles. The van der Waals surface area contributed by atoms with Gasteiger partial charge in [-0.3, -0.25) is 4.79 Å². The Morgan fingerprint density at radius 2 is 2.11 bits per heavy atom. The van der Waals surface area contributed by atoms with Gasteiger partial charge in [0.1, 0.15) is 5.76 Å². The van der Waals surface area contributed by atoms with E-state index in [9.17, 15) is 4.79 Å². The molecule has 0 aliphatic rings. The zero-order valence-corrected chi connectivity index (χ0v) is 10.5. The molecule has 2 aromatic rings. The van der Waals surface area contributed by atoms with Crippen molar-refractivity contribution in [3.05, 3.63) is 53.0 Å². The van der Waals surface area contributed by atoms with Crippen LogP contribution in [0.4, 0.5) is 5.69 Å². The lowest BCUT2D eigenvalue weighted by Gasteiger charge is -2.09. The van der Waals surface area contributed by atoms with Crippen LogP contribution < -0.4 is 11.1 Å². The van der Waals surface area contributed by atoms with E-state index in [0.29, 0.717) is 17.8 Å². The number of hydrogen-bond acceptors (Lipinski definition) is 3. The summed E-state index contributed by atoms with van der Waals surface area (Å²) in [7, 11) is 0. The molecule has 3 N–H and O–H groups in total. The van der Waals surface area contributed by atoms with Crippen LogP contribution in [-0.4, -0.2) is 5.91 Å². The van der Waals surface area contributed by atoms with Crippen LogP contribution in [0.5, 0.6) is 0 Å². The van der Waals surface area contributed by atoms with Crippen molar-refractivity contribution in [3.8, 4) is 0 Å². The smallest absolute Gasteiger partial charge is 0.252 e. The number of carbonyl (C=O) groups excluding carboxylic acids is 1. The predicted octanol–water partition coefficient (Wildman–Crippen LogP) is 2.41. The van der Waals surface area contributed by atoms with Gasteiger partial charge in [-0.25, -0.2) is 0 Å². The van der Waals surface area contributed by atoms with Gasteiger partial charge in [0.25, 0.3) is 5.91 Å². The predicted molar refractivity (Wildman–Crippen MR) is 70.2 cm³/mol. The van der Waals surface area contributed by atoms with Gasteiger partial charge in [0.2, 0.25) is 0 Å². The van der Waals surface area contributed by atoms with E-state index in [1.54, 1.807) is 18.4 Å². The number of furan rings is 1. The Balaban J connectivity index is 2.11. The van der Waals surface area contributed by atoms with Crippen LogP contribution in [0.15, 0.2) is 34.9 Å². The van der Waals surface area contributed by atoms with Gasteiger partial charge in [-0.2, -0.15) is 0 Å². The standard InChI is InChI=1S/C14H16N2O2/c1-9-6-10(2)13(15)7-12(9)14(17)16-8-11-4-3-5-18-11/h3-7H,8,15H2,1-2H3,(H,16,17). The van der Waals surface area contributed by atoms with Crippen LogP contribution in [0.1, 0.15) is 27.2 Å². The summed E-state index contributed by atoms with van der Waals surface area (Å²) < 4.78 is 5.15. The normalized spacial score (nSPS) is 10.3. The van der Waals surface area contributed by atoms with Crippen molar-refractivity contribution in [1.29, 1.82) is 0 Å². The number of aryl methyl sites for hydroxylation is 2. The minimum Gasteiger partial charge on any atom is -0.467 e. The molecule has 0 bridgehead atoms. The van der Waals surface area contributed by atoms with Crippen molar-refractivity contribution in [2.24, 2.45) is 0 Å². The third-order valence-electron chi connectivity index (χ3n) is 2.86. The van der Waals surface area contributed by atoms with E-state index < -0.39 is 0 Å². The Bertz CT molecular complexity index is 559. The van der Waals surface area contributed by atoms with E-state index >= 15 is 0 Å². The lowest BCUT2D eigenvalue weighted by atomic mass is 10.0. The molecular formula is C14H16N2O2. The SMILES string of the molecule is Cc1cc(C)c(C(=O)NCc2ccco2)cc1N. The maximum atomic E-state index is 12.0. The van der Waals surface area contributed by atoms with Crippen molar-refractivity contribution < 1.29 is 9.21 Å². The summed E-state index contributed by atoms with van der Waals surface area (Å²) in [6.07, 6.45) is 1.58. The topological polar surface area (TPSA) is 68.3 Å². The molecule has 4 heteroatoms. The summed E-state index contributed by atoms with van der Waals surface area (Å²) >= 11 is 0. The van der Waals surface area contributed by atoms with Gasteiger partial charge in [-0.05, 0) is 43.2 Å². The summed E-state index contributed by atoms with van der Waals surface area (Å²) in [4.78, 5) is 12.0. The number of nitrogen functional groups attached to an aromatic ring is 1. The maximum absolute atomic E-state index is 12.0. The molecule has 0 unspecified atom stereocenters. The van der Waals surface area contributed by atoms with Gasteiger partial charge in [0, 0.05) is 11.3 Å². The molecule has 1 heterocycles. The molecule has 94 valence electrons. The molecule has 1 aromatic heterocycles. The van der Waals surface area contributed by atoms with Crippen molar-refractivity contribution in [1.82, 2.24) is 5.32 Å². The number of anilines is 1. The second kappa shape index (κ2) is 4.96. The van der Waals surface area contributed by atoms with Crippen LogP contribution in [0, 0.1) is 13.8 Å². The van der Waals surface area contributed by atoms with E-state index in [1.165, 1.54) is 0 Å². The third kappa shape index (κ3) is 2.53. The second-order valence-corrected chi connectivity index (χ2v) is 4.29. The fourth-order valence-corrected chi connectivity index (χ4v) is 1.79. The molecule has 0 saturated heterocycles. The van der Waals surface area contributed by atoms with Crippen LogP contribution in [0.25, 0.3) is 0 Å². The summed E-state index contributed by atoms with van der Waals surface area (Å²) in [6, 6.07) is 7.23. The minimum atomic E-state index is -0.143. The second-order valence-electron chi connectivity index (χ2n) is 4.29. The molecule has 1 aromatic carbocycles. The molecule has 0 spiro atoms. The Hall–Kier alpha value is -2.23. The Morgan fingerprint density at radius 3 is 2.78 bits per heavy atom. The maximum Gasteiger partial charge on any atom is 0.252 e. The van der Waals surface area contributed by atoms with E-state index in [2.05, 4.69) is 5.32 Å². The highest BCUT2D eigenvalue weighted by atomic mass is 16.3. The highest BCUT2D eigenvalue weighted by Crippen LogP contribution is 2.17. The third-order valence-corrected chi connectivity index (χ3v) is 2.86. The average Bonchev–Trinajstić information content (AvgIpc) is 2.84. The Morgan fingerprint density at radius 1 is 1.33 bits per heavy atom. The first kappa shape index (κ1) is 12.2. The number of amides is 1. The Labute approximate surface area is 106 Å². The Kier molecular flexibility index (Phi) is 3.37. The molecule has 0 saturated carbocycles. The van der Waals surface area contributed by atoms with Crippen LogP contribution >= 0.6 is 0 Å². The molecule has 0 radical (unpaired) electrons. The molecule has 0 fully saturated rings. The minimum absolute atomic E-state index is 0.143. The van der Waals surface area contributed by atoms with E-state index in [-0.39, 0.29) is 5.91 Å². The molecule has 1 amide bonds. The molecule has 18 heavy (non-hydrogen) atoms. The van der Waals surface area contributed by atoms with E-state index in [1.807, 2.05) is 26.0 Å². The van der Waals surface area contributed by atoms with E-state index in [4.69, 9.17) is 10.2 Å². The number of nitrogens with one attached hydrogen (secondary N) is 1. The molecule has 0 atom stereocenters. The van der Waals surface area contributed by atoms with Gasteiger partial charge in [-0.1, -0.05) is 6.07 Å². The van der Waals surface area contributed by atoms with Crippen molar-refractivity contribution in [2.75, 3.05) is 5.73 Å². The van der Waals surface area contributed by atoms with Crippen molar-refractivity contribution >= 4 is 11.6 Å². The monoisotopic (exact) mass is 244 g/mol. The largest absolute Gasteiger partial charge is 0.467 e. The van der Waals surface area contributed by atoms with Crippen LogP contribution in [-0.2, 0) is 6.54 Å². The molecule has 4 nitrogen and oxygen atoms in total. The van der Waals surface area contributed by atoms with Gasteiger partial charge in [0.15, 0.2) is 0 Å². The number of benzene rings is 1. The molecule has 0 aliphatic heterocycles. The quantitative estimate of drug-likeness (QED) is 0.815. The molecular weight excluding hydrogens is 228 g/mol. The zero-order chi connectivity index (χ0) is 13.1. The first-order valence-corrected chi connectivity index (χ1v) is 5.75. The fourth-order valence-electron chi connectivity index (χ4n) is 1.79. The lowest BCUT2D eigenvalue weighted by Crippen LogP contribution is -2.23. The average molecular weight is 244 g/mol. The number of nitrogens with two attached hydrogens (primary N) is 1. The first-order chi connectivity index (χ1) is 8.58. The summed E-state index contributed by atoms with van der Waals surface area (Å²) in [5.74, 6) is 0.580. The van der Waals surface area contributed by atoms with Gasteiger partial charge in [0.05, 0.1) is 12.8 Å². The number of carbonyl (C=O) groups is 1. The van der Waals surface area contributed by atoms with Crippen LogP contribution in [0.3, 0.4) is 0 Å². The first-order valence-electron chi connectivity index (χ1n) is 5.75. The van der Waals surface area contributed by atoms with Crippen molar-refractivity contribution in [3.63, 3.8) is 0 Å². The summed E-state index contributed by atoms with van der Waals surface area (Å²) in [5, 5.41) is 2.80. The van der Waals surface area contributed by atoms with Crippen molar-refractivity contribution in [2.45, 2.75) is 20.4 Å². The van der Waals surface area contributed by atoms with Gasteiger partial charge in [-0.15, -0.1) is 0 Å². The lowest BCUT2D eigenvalue weighted by molar-refractivity contribution is 0.0947. The van der Waals surface area contributed by atoms with Gasteiger partial charge < -0.3 is 15.5 Å². The fraction of sp³-hybridized carbons (Fsp3) is 0.214. The summed E-state index contributed by atoms with van der Waals surface area (Å²) in [6.45, 7) is 4.19. The van der Waals surface area contributed by atoms with E-state index in [0.717, 1.165) is 16.9 Å². The number of rotatable bonds is 3. The zero-order valence-electron chi connectivity index (χ0n) is 10.5.